The Balaban J connectivity index is 1.33. The highest BCUT2D eigenvalue weighted by atomic mass is 16.2. The number of hydrogen-bond donors (Lipinski definition) is 1. The Kier molecular flexibility index (Phi) is 6.82. The average molecular weight is 345 g/mol. The molecule has 1 saturated heterocycles. The first-order valence-electron chi connectivity index (χ1n) is 9.79. The number of amides is 1. The molecule has 0 radical (unpaired) electrons. The van der Waals surface area contributed by atoms with Gasteiger partial charge in [-0.15, -0.1) is 0 Å². The maximum Gasteiger partial charge on any atom is 0.234 e. The Bertz CT molecular complexity index is 530. The van der Waals surface area contributed by atoms with E-state index < -0.39 is 0 Å². The molecular weight excluding hydrogens is 312 g/mol. The van der Waals surface area contributed by atoms with Gasteiger partial charge in [-0.05, 0) is 50.4 Å². The Morgan fingerprint density at radius 3 is 2.92 bits per heavy atom. The van der Waals surface area contributed by atoms with E-state index in [4.69, 9.17) is 0 Å². The van der Waals surface area contributed by atoms with Crippen LogP contribution in [0.25, 0.3) is 0 Å². The minimum Gasteiger partial charge on any atom is -0.355 e. The summed E-state index contributed by atoms with van der Waals surface area (Å²) in [6.07, 6.45) is 11.8. The summed E-state index contributed by atoms with van der Waals surface area (Å²) < 4.78 is 0. The maximum absolute atomic E-state index is 12.2. The summed E-state index contributed by atoms with van der Waals surface area (Å²) in [7, 11) is 1.98. The second kappa shape index (κ2) is 9.30. The van der Waals surface area contributed by atoms with E-state index in [9.17, 15) is 4.79 Å². The number of nitrogens with zero attached hydrogens (tertiary/aromatic N) is 3. The van der Waals surface area contributed by atoms with E-state index in [1.54, 1.807) is 6.20 Å². The molecule has 2 aliphatic rings. The topological polar surface area (TPSA) is 48.5 Å². The molecule has 138 valence electrons. The van der Waals surface area contributed by atoms with E-state index in [-0.39, 0.29) is 5.91 Å². The van der Waals surface area contributed by atoms with Crippen molar-refractivity contribution in [3.8, 4) is 0 Å². The van der Waals surface area contributed by atoms with Gasteiger partial charge in [-0.2, -0.15) is 0 Å². The normalized spacial score (nSPS) is 22.4. The van der Waals surface area contributed by atoms with Gasteiger partial charge in [-0.25, -0.2) is 0 Å². The number of aromatic nitrogens is 1. The van der Waals surface area contributed by atoms with Gasteiger partial charge in [0.2, 0.25) is 5.91 Å². The standard InChI is InChI=1S/C20H32N4O/c1-23(14-17-6-5-10-21-12-17)16-20(25)22-13-18-9-11-24(15-18)19-7-3-2-4-8-19/h5-6,10,12,18-19H,2-4,7-9,11,13-16H2,1H3,(H,22,25). The number of rotatable bonds is 7. The molecule has 1 aromatic rings. The number of likely N-dealkylation sites (tertiary alicyclic amines) is 1. The van der Waals surface area contributed by atoms with Crippen molar-refractivity contribution in [3.63, 3.8) is 0 Å². The third kappa shape index (κ3) is 5.79. The van der Waals surface area contributed by atoms with Gasteiger partial charge in [-0.3, -0.25) is 14.7 Å². The zero-order valence-corrected chi connectivity index (χ0v) is 15.5. The molecule has 1 amide bonds. The van der Waals surface area contributed by atoms with Crippen LogP contribution in [-0.4, -0.2) is 60.0 Å². The van der Waals surface area contributed by atoms with Crippen LogP contribution in [-0.2, 0) is 11.3 Å². The van der Waals surface area contributed by atoms with Gasteiger partial charge < -0.3 is 10.2 Å². The summed E-state index contributed by atoms with van der Waals surface area (Å²) in [6.45, 7) is 4.39. The van der Waals surface area contributed by atoms with Crippen LogP contribution in [0.5, 0.6) is 0 Å². The van der Waals surface area contributed by atoms with Crippen LogP contribution in [0.1, 0.15) is 44.1 Å². The molecule has 2 fully saturated rings. The molecule has 1 aliphatic heterocycles. The first kappa shape index (κ1) is 18.3. The Labute approximate surface area is 151 Å². The number of likely N-dealkylation sites (N-methyl/N-ethyl adjacent to an activating group) is 1. The molecule has 1 aliphatic carbocycles. The van der Waals surface area contributed by atoms with Gasteiger partial charge in [0.1, 0.15) is 0 Å². The van der Waals surface area contributed by atoms with Crippen molar-refractivity contribution in [1.82, 2.24) is 20.1 Å². The van der Waals surface area contributed by atoms with Crippen LogP contribution >= 0.6 is 0 Å². The summed E-state index contributed by atoms with van der Waals surface area (Å²) in [4.78, 5) is 21.0. The molecule has 1 atom stereocenters. The molecule has 1 unspecified atom stereocenters. The minimum atomic E-state index is 0.127. The first-order chi connectivity index (χ1) is 12.2. The fraction of sp³-hybridized carbons (Fsp3) is 0.700. The Morgan fingerprint density at radius 2 is 2.16 bits per heavy atom. The van der Waals surface area contributed by atoms with Gasteiger partial charge in [0, 0.05) is 38.1 Å². The molecule has 0 spiro atoms. The molecule has 5 nitrogen and oxygen atoms in total. The fourth-order valence-corrected chi connectivity index (χ4v) is 4.23. The van der Waals surface area contributed by atoms with Crippen molar-refractivity contribution >= 4 is 5.91 Å². The number of hydrogen-bond acceptors (Lipinski definition) is 4. The molecule has 0 aromatic carbocycles. The lowest BCUT2D eigenvalue weighted by Gasteiger charge is -2.31. The maximum atomic E-state index is 12.2. The van der Waals surface area contributed by atoms with Crippen LogP contribution in [0.2, 0.25) is 0 Å². The number of carbonyl (C=O) groups excluding carboxylic acids is 1. The van der Waals surface area contributed by atoms with Gasteiger partial charge >= 0.3 is 0 Å². The van der Waals surface area contributed by atoms with E-state index >= 15 is 0 Å². The summed E-state index contributed by atoms with van der Waals surface area (Å²) in [6, 6.07) is 4.78. The third-order valence-electron chi connectivity index (χ3n) is 5.59. The van der Waals surface area contributed by atoms with E-state index in [0.29, 0.717) is 12.5 Å². The van der Waals surface area contributed by atoms with E-state index in [1.807, 2.05) is 30.3 Å². The summed E-state index contributed by atoms with van der Waals surface area (Å²) in [5.41, 5.74) is 1.14. The van der Waals surface area contributed by atoms with Crippen molar-refractivity contribution in [2.24, 2.45) is 5.92 Å². The van der Waals surface area contributed by atoms with E-state index in [0.717, 1.165) is 31.2 Å². The summed E-state index contributed by atoms with van der Waals surface area (Å²) in [5.74, 6) is 0.747. The highest BCUT2D eigenvalue weighted by molar-refractivity contribution is 5.77. The predicted octanol–water partition coefficient (Wildman–Crippen LogP) is 2.28. The molecular formula is C20H32N4O. The molecule has 1 saturated carbocycles. The minimum absolute atomic E-state index is 0.127. The third-order valence-corrected chi connectivity index (χ3v) is 5.59. The van der Waals surface area contributed by atoms with E-state index in [2.05, 4.69) is 15.2 Å². The molecule has 0 bridgehead atoms. The van der Waals surface area contributed by atoms with Gasteiger partial charge in [0.05, 0.1) is 6.54 Å². The van der Waals surface area contributed by atoms with Crippen molar-refractivity contribution in [3.05, 3.63) is 30.1 Å². The number of carbonyl (C=O) groups is 1. The second-order valence-electron chi connectivity index (χ2n) is 7.78. The van der Waals surface area contributed by atoms with Gasteiger partial charge in [0.25, 0.3) is 0 Å². The van der Waals surface area contributed by atoms with Crippen LogP contribution < -0.4 is 5.32 Å². The molecule has 25 heavy (non-hydrogen) atoms. The second-order valence-corrected chi connectivity index (χ2v) is 7.78. The van der Waals surface area contributed by atoms with E-state index in [1.165, 1.54) is 45.1 Å². The van der Waals surface area contributed by atoms with Crippen molar-refractivity contribution in [2.45, 2.75) is 51.1 Å². The zero-order valence-electron chi connectivity index (χ0n) is 15.5. The van der Waals surface area contributed by atoms with Crippen LogP contribution in [0, 0.1) is 5.92 Å². The van der Waals surface area contributed by atoms with Crippen LogP contribution in [0.3, 0.4) is 0 Å². The first-order valence-corrected chi connectivity index (χ1v) is 9.79. The van der Waals surface area contributed by atoms with Crippen LogP contribution in [0.15, 0.2) is 24.5 Å². The van der Waals surface area contributed by atoms with Gasteiger partial charge in [-0.1, -0.05) is 25.3 Å². The van der Waals surface area contributed by atoms with Crippen molar-refractivity contribution in [1.29, 1.82) is 0 Å². The molecule has 1 N–H and O–H groups in total. The lowest BCUT2D eigenvalue weighted by Crippen LogP contribution is -2.39. The average Bonchev–Trinajstić information content (AvgIpc) is 3.10. The summed E-state index contributed by atoms with van der Waals surface area (Å²) >= 11 is 0. The SMILES string of the molecule is CN(CC(=O)NCC1CCN(C2CCCCC2)C1)Cc1cccnc1. The predicted molar refractivity (Wildman–Crippen MR) is 100 cm³/mol. The molecule has 2 heterocycles. The Hall–Kier alpha value is -1.46. The smallest absolute Gasteiger partial charge is 0.234 e. The highest BCUT2D eigenvalue weighted by Crippen LogP contribution is 2.27. The van der Waals surface area contributed by atoms with Crippen molar-refractivity contribution in [2.75, 3.05) is 33.2 Å². The molecule has 5 heteroatoms. The monoisotopic (exact) mass is 344 g/mol. The van der Waals surface area contributed by atoms with Crippen molar-refractivity contribution < 1.29 is 4.79 Å². The largest absolute Gasteiger partial charge is 0.355 e. The van der Waals surface area contributed by atoms with Crippen LogP contribution in [0.4, 0.5) is 0 Å². The zero-order chi connectivity index (χ0) is 17.5. The highest BCUT2D eigenvalue weighted by Gasteiger charge is 2.29. The quantitative estimate of drug-likeness (QED) is 0.824. The molecule has 1 aromatic heterocycles. The fourth-order valence-electron chi connectivity index (χ4n) is 4.23. The Morgan fingerprint density at radius 1 is 1.32 bits per heavy atom. The number of pyridine rings is 1. The lowest BCUT2D eigenvalue weighted by atomic mass is 9.94. The molecule has 3 rings (SSSR count). The lowest BCUT2D eigenvalue weighted by molar-refractivity contribution is -0.122. The number of nitrogens with one attached hydrogen (secondary N) is 1. The summed E-state index contributed by atoms with van der Waals surface area (Å²) in [5, 5.41) is 3.14. The van der Waals surface area contributed by atoms with Gasteiger partial charge in [0.15, 0.2) is 0 Å².